The maximum absolute atomic E-state index is 13.6. The fraction of sp³-hybridized carbons (Fsp3) is 0.258. The predicted octanol–water partition coefficient (Wildman–Crippen LogP) is 5.32. The van der Waals surface area contributed by atoms with Crippen LogP contribution in [0.4, 0.5) is 0 Å². The van der Waals surface area contributed by atoms with Crippen LogP contribution in [0.1, 0.15) is 44.0 Å². The van der Waals surface area contributed by atoms with Gasteiger partial charge in [0.1, 0.15) is 22.6 Å². The molecule has 41 heavy (non-hydrogen) atoms. The molecule has 210 valence electrons. The molecule has 10 heteroatoms. The van der Waals surface area contributed by atoms with E-state index in [1.54, 1.807) is 72.2 Å². The lowest BCUT2D eigenvalue weighted by Crippen LogP contribution is -2.37. The van der Waals surface area contributed by atoms with Crippen LogP contribution in [0, 0.1) is 13.8 Å². The van der Waals surface area contributed by atoms with Crippen molar-refractivity contribution in [3.8, 4) is 11.5 Å². The Balaban J connectivity index is 1.25. The Labute approximate surface area is 241 Å². The number of halogens is 1. The van der Waals surface area contributed by atoms with Gasteiger partial charge in [0.25, 0.3) is 11.8 Å². The van der Waals surface area contributed by atoms with Crippen LogP contribution >= 0.6 is 11.6 Å². The Hall–Kier alpha value is -4.34. The summed E-state index contributed by atoms with van der Waals surface area (Å²) < 4.78 is 13.7. The first kappa shape index (κ1) is 26.9. The molecule has 1 atom stereocenters. The number of carbonyl (C=O) groups is 2. The maximum Gasteiger partial charge on any atom is 0.255 e. The molecule has 1 unspecified atom stereocenters. The summed E-state index contributed by atoms with van der Waals surface area (Å²) in [6.45, 7) is 4.30. The number of aryl methyl sites for hydroxylation is 2. The Kier molecular flexibility index (Phi) is 6.71. The Morgan fingerprint density at radius 3 is 2.71 bits per heavy atom. The molecule has 6 rings (SSSR count). The van der Waals surface area contributed by atoms with Crippen molar-refractivity contribution in [3.63, 3.8) is 0 Å². The zero-order valence-electron chi connectivity index (χ0n) is 22.9. The fourth-order valence-electron chi connectivity index (χ4n) is 5.65. The van der Waals surface area contributed by atoms with E-state index in [0.717, 1.165) is 11.1 Å². The number of β-amino-alcohol motifs (C(OH)–C–C–N with tert-alkyl or cyclic N) is 1. The van der Waals surface area contributed by atoms with Gasteiger partial charge in [0.05, 0.1) is 29.5 Å². The number of ether oxygens (including phenoxy) is 1. The zero-order chi connectivity index (χ0) is 28.9. The van der Waals surface area contributed by atoms with E-state index in [9.17, 15) is 14.7 Å². The van der Waals surface area contributed by atoms with Crippen LogP contribution in [0.15, 0.2) is 65.3 Å². The van der Waals surface area contributed by atoms with Crippen LogP contribution in [0.3, 0.4) is 0 Å². The minimum absolute atomic E-state index is 0.166. The number of carbonyl (C=O) groups excluding carboxylic acids is 2. The SMILES string of the molecule is CNC(=O)c1c(C)oc2cc(Oc3ccnn4cc(C(=O)N5CCC(O)(Cc6ccc(Cl)cc6)C5)c(C)c34)ccc12. The number of aromatic nitrogens is 2. The molecule has 1 fully saturated rings. The Morgan fingerprint density at radius 2 is 1.95 bits per heavy atom. The average Bonchev–Trinajstić information content (AvgIpc) is 3.61. The van der Waals surface area contributed by atoms with Gasteiger partial charge in [-0.2, -0.15) is 5.10 Å². The van der Waals surface area contributed by atoms with Gasteiger partial charge in [0.2, 0.25) is 0 Å². The second-order valence-electron chi connectivity index (χ2n) is 10.5. The quantitative estimate of drug-likeness (QED) is 0.285. The van der Waals surface area contributed by atoms with Gasteiger partial charge < -0.3 is 24.5 Å². The monoisotopic (exact) mass is 572 g/mol. The van der Waals surface area contributed by atoms with Crippen molar-refractivity contribution in [2.24, 2.45) is 0 Å². The number of furan rings is 1. The molecule has 1 aliphatic rings. The van der Waals surface area contributed by atoms with Crippen LogP contribution in [0.25, 0.3) is 16.5 Å². The van der Waals surface area contributed by atoms with E-state index < -0.39 is 5.60 Å². The molecule has 1 saturated heterocycles. The van der Waals surface area contributed by atoms with Crippen LogP contribution in [-0.4, -0.2) is 57.2 Å². The van der Waals surface area contributed by atoms with Crippen molar-refractivity contribution in [2.45, 2.75) is 32.3 Å². The number of hydrogen-bond donors (Lipinski definition) is 2. The Morgan fingerprint density at radius 1 is 1.17 bits per heavy atom. The number of benzene rings is 2. The molecule has 2 aromatic carbocycles. The summed E-state index contributed by atoms with van der Waals surface area (Å²) in [6.07, 6.45) is 4.23. The molecule has 0 bridgehead atoms. The number of fused-ring (bicyclic) bond motifs is 2. The highest BCUT2D eigenvalue weighted by Gasteiger charge is 2.39. The highest BCUT2D eigenvalue weighted by atomic mass is 35.5. The molecule has 9 nitrogen and oxygen atoms in total. The van der Waals surface area contributed by atoms with Crippen LogP contribution < -0.4 is 10.1 Å². The van der Waals surface area contributed by atoms with E-state index in [0.29, 0.717) is 69.3 Å². The largest absolute Gasteiger partial charge is 0.460 e. The van der Waals surface area contributed by atoms with E-state index in [1.807, 2.05) is 19.1 Å². The van der Waals surface area contributed by atoms with Crippen LogP contribution in [0.2, 0.25) is 5.02 Å². The molecule has 3 aromatic heterocycles. The van der Waals surface area contributed by atoms with Gasteiger partial charge in [0, 0.05) is 48.8 Å². The van der Waals surface area contributed by atoms with Gasteiger partial charge in [-0.1, -0.05) is 23.7 Å². The highest BCUT2D eigenvalue weighted by Crippen LogP contribution is 2.35. The minimum atomic E-state index is -1.01. The average molecular weight is 573 g/mol. The maximum atomic E-state index is 13.6. The number of aliphatic hydroxyl groups is 1. The molecule has 1 aliphatic heterocycles. The molecule has 0 radical (unpaired) electrons. The number of likely N-dealkylation sites (tertiary alicyclic amines) is 1. The summed E-state index contributed by atoms with van der Waals surface area (Å²) in [6, 6.07) is 14.4. The molecule has 4 heterocycles. The first-order chi connectivity index (χ1) is 19.7. The Bertz CT molecular complexity index is 1810. The minimum Gasteiger partial charge on any atom is -0.460 e. The van der Waals surface area contributed by atoms with Gasteiger partial charge >= 0.3 is 0 Å². The summed E-state index contributed by atoms with van der Waals surface area (Å²) in [4.78, 5) is 27.6. The van der Waals surface area contributed by atoms with Crippen LogP contribution in [0.5, 0.6) is 11.5 Å². The number of rotatable bonds is 6. The third-order valence-electron chi connectivity index (χ3n) is 7.71. The first-order valence-corrected chi connectivity index (χ1v) is 13.7. The number of hydrogen-bond acceptors (Lipinski definition) is 6. The van der Waals surface area contributed by atoms with E-state index in [4.69, 9.17) is 20.8 Å². The molecular formula is C31H29ClN4O5. The molecule has 2 N–H and O–H groups in total. The van der Waals surface area contributed by atoms with Gasteiger partial charge in [0.15, 0.2) is 5.75 Å². The van der Waals surface area contributed by atoms with E-state index in [1.165, 1.54) is 0 Å². The lowest BCUT2D eigenvalue weighted by atomic mass is 9.94. The first-order valence-electron chi connectivity index (χ1n) is 13.3. The van der Waals surface area contributed by atoms with E-state index in [-0.39, 0.29) is 18.4 Å². The van der Waals surface area contributed by atoms with Gasteiger partial charge in [-0.05, 0) is 55.7 Å². The highest BCUT2D eigenvalue weighted by molar-refractivity contribution is 6.30. The third-order valence-corrected chi connectivity index (χ3v) is 7.96. The number of nitrogens with one attached hydrogen (secondary N) is 1. The smallest absolute Gasteiger partial charge is 0.255 e. The van der Waals surface area contributed by atoms with Gasteiger partial charge in [-0.15, -0.1) is 0 Å². The molecule has 0 spiro atoms. The van der Waals surface area contributed by atoms with Crippen molar-refractivity contribution in [3.05, 3.63) is 94.0 Å². The van der Waals surface area contributed by atoms with E-state index >= 15 is 0 Å². The molecule has 2 amide bonds. The summed E-state index contributed by atoms with van der Waals surface area (Å²) in [5, 5.41) is 19.6. The molecule has 5 aromatic rings. The standard InChI is InChI=1S/C31H29ClN4O5/c1-18-24(30(38)35-13-11-31(39,17-35)15-20-4-6-21(32)7-5-20)16-36-28(18)25(10-12-34-36)41-22-8-9-23-26(14-22)40-19(2)27(23)29(37)33-3/h4-10,12,14,16,39H,11,13,15,17H2,1-3H3,(H,33,37). The van der Waals surface area contributed by atoms with Crippen molar-refractivity contribution >= 4 is 39.9 Å². The topological polar surface area (TPSA) is 109 Å². The zero-order valence-corrected chi connectivity index (χ0v) is 23.7. The van der Waals surface area contributed by atoms with Crippen molar-refractivity contribution in [1.29, 1.82) is 0 Å². The predicted molar refractivity (Wildman–Crippen MR) is 155 cm³/mol. The molecular weight excluding hydrogens is 544 g/mol. The van der Waals surface area contributed by atoms with Crippen molar-refractivity contribution < 1.29 is 23.8 Å². The van der Waals surface area contributed by atoms with Crippen LogP contribution in [-0.2, 0) is 6.42 Å². The summed E-state index contributed by atoms with van der Waals surface area (Å²) in [7, 11) is 1.58. The lowest BCUT2D eigenvalue weighted by molar-refractivity contribution is 0.0445. The summed E-state index contributed by atoms with van der Waals surface area (Å²) in [5.74, 6) is 1.18. The normalized spacial score (nSPS) is 17.0. The molecule has 0 saturated carbocycles. The summed E-state index contributed by atoms with van der Waals surface area (Å²) >= 11 is 6.00. The van der Waals surface area contributed by atoms with Gasteiger partial charge in [-0.25, -0.2) is 4.52 Å². The number of amides is 2. The second kappa shape index (κ2) is 10.2. The van der Waals surface area contributed by atoms with Crippen molar-refractivity contribution in [1.82, 2.24) is 19.8 Å². The van der Waals surface area contributed by atoms with E-state index in [2.05, 4.69) is 10.4 Å². The lowest BCUT2D eigenvalue weighted by Gasteiger charge is -2.23. The summed E-state index contributed by atoms with van der Waals surface area (Å²) in [5.41, 5.74) is 2.87. The second-order valence-corrected chi connectivity index (χ2v) is 11.0. The fourth-order valence-corrected chi connectivity index (χ4v) is 5.77. The molecule has 0 aliphatic carbocycles. The van der Waals surface area contributed by atoms with Crippen molar-refractivity contribution in [2.75, 3.05) is 20.1 Å². The number of nitrogens with zero attached hydrogens (tertiary/aromatic N) is 3. The third kappa shape index (κ3) is 4.92. The van der Waals surface area contributed by atoms with Gasteiger partial charge in [-0.3, -0.25) is 9.59 Å².